The molecule has 2 aliphatic carbocycles. The van der Waals surface area contributed by atoms with Crippen LogP contribution < -0.4 is 4.72 Å². The van der Waals surface area contributed by atoms with Crippen LogP contribution >= 0.6 is 0 Å². The van der Waals surface area contributed by atoms with E-state index in [0.29, 0.717) is 17.1 Å². The number of nitrogens with one attached hydrogen (secondary N) is 2. The molecule has 11 heteroatoms. The van der Waals surface area contributed by atoms with Crippen LogP contribution in [0.1, 0.15) is 24.0 Å². The van der Waals surface area contributed by atoms with Crippen LogP contribution in [0.4, 0.5) is 13.2 Å². The number of nitrogens with zero attached hydrogens (tertiary/aromatic N) is 3. The van der Waals surface area contributed by atoms with E-state index in [1.54, 1.807) is 6.20 Å². The smallest absolute Gasteiger partial charge is 0.277 e. The largest absolute Gasteiger partial charge is 0.402 e. The van der Waals surface area contributed by atoms with E-state index in [9.17, 15) is 21.6 Å². The second-order valence-electron chi connectivity index (χ2n) is 9.78. The normalized spacial score (nSPS) is 27.7. The molecule has 7 nitrogen and oxygen atoms in total. The Balaban J connectivity index is 1.30. The van der Waals surface area contributed by atoms with Crippen molar-refractivity contribution in [1.29, 1.82) is 0 Å². The molecule has 3 atom stereocenters. The van der Waals surface area contributed by atoms with Crippen LogP contribution in [0, 0.1) is 11.8 Å². The van der Waals surface area contributed by atoms with Gasteiger partial charge >= 0.3 is 6.18 Å². The fourth-order valence-corrected chi connectivity index (χ4v) is 7.83. The lowest BCUT2D eigenvalue weighted by Gasteiger charge is -2.33. The van der Waals surface area contributed by atoms with E-state index in [0.717, 1.165) is 46.6 Å². The highest BCUT2D eigenvalue weighted by molar-refractivity contribution is 7.87. The molecule has 2 N–H and O–H groups in total. The zero-order valence-corrected chi connectivity index (χ0v) is 19.5. The number of benzene rings is 1. The molecular weight excluding hydrogens is 479 g/mol. The predicted molar refractivity (Wildman–Crippen MR) is 123 cm³/mol. The molecule has 1 aliphatic heterocycles. The van der Waals surface area contributed by atoms with Gasteiger partial charge < -0.3 is 0 Å². The minimum atomic E-state index is -4.58. The summed E-state index contributed by atoms with van der Waals surface area (Å²) in [5.41, 5.74) is 4.66. The van der Waals surface area contributed by atoms with Crippen molar-refractivity contribution in [2.24, 2.45) is 11.8 Å². The lowest BCUT2D eigenvalue weighted by atomic mass is 9.79. The van der Waals surface area contributed by atoms with Gasteiger partial charge in [-0.2, -0.15) is 35.7 Å². The Hall–Kier alpha value is -2.76. The van der Waals surface area contributed by atoms with Gasteiger partial charge in [0.15, 0.2) is 0 Å². The Kier molecular flexibility index (Phi) is 5.10. The van der Waals surface area contributed by atoms with Gasteiger partial charge in [0.05, 0.1) is 16.9 Å². The van der Waals surface area contributed by atoms with Crippen molar-refractivity contribution in [1.82, 2.24) is 24.2 Å². The average Bonchev–Trinajstić information content (AvgIpc) is 3.43. The van der Waals surface area contributed by atoms with Crippen LogP contribution in [0.25, 0.3) is 22.6 Å². The summed E-state index contributed by atoms with van der Waals surface area (Å²) in [5.74, 6) is -0.113. The highest BCUT2D eigenvalue weighted by Crippen LogP contribution is 2.50. The number of aromatic nitrogens is 3. The van der Waals surface area contributed by atoms with Gasteiger partial charge in [0, 0.05) is 12.7 Å². The summed E-state index contributed by atoms with van der Waals surface area (Å²) in [7, 11) is -4.19. The molecule has 1 aromatic carbocycles. The lowest BCUT2D eigenvalue weighted by Crippen LogP contribution is -2.52. The fraction of sp³-hybridized carbons (Fsp3) is 0.417. The van der Waals surface area contributed by atoms with Crippen molar-refractivity contribution in [3.63, 3.8) is 0 Å². The monoisotopic (exact) mass is 503 g/mol. The molecule has 2 aromatic heterocycles. The minimum absolute atomic E-state index is 0.0458. The van der Waals surface area contributed by atoms with Crippen molar-refractivity contribution < 1.29 is 21.6 Å². The van der Waals surface area contributed by atoms with Crippen LogP contribution in [0.5, 0.6) is 0 Å². The molecule has 3 heterocycles. The third-order valence-corrected chi connectivity index (χ3v) is 9.30. The van der Waals surface area contributed by atoms with E-state index in [2.05, 4.69) is 32.0 Å². The summed E-state index contributed by atoms with van der Waals surface area (Å²) in [6, 6.07) is 13.7. The topological polar surface area (TPSA) is 91.0 Å². The molecular formula is C24H24F3N5O2S. The summed E-state index contributed by atoms with van der Waals surface area (Å²) in [6.45, 7) is -1.60. The number of halogens is 3. The zero-order valence-electron chi connectivity index (χ0n) is 18.7. The molecule has 3 aliphatic rings. The molecule has 184 valence electrons. The Morgan fingerprint density at radius 2 is 1.80 bits per heavy atom. The Morgan fingerprint density at radius 3 is 2.51 bits per heavy atom. The van der Waals surface area contributed by atoms with E-state index < -0.39 is 28.5 Å². The summed E-state index contributed by atoms with van der Waals surface area (Å²) >= 11 is 0. The molecule has 3 unspecified atom stereocenters. The van der Waals surface area contributed by atoms with Gasteiger partial charge in [-0.3, -0.25) is 10.1 Å². The van der Waals surface area contributed by atoms with Crippen molar-refractivity contribution in [3.05, 3.63) is 59.8 Å². The Morgan fingerprint density at radius 1 is 1.03 bits per heavy atom. The van der Waals surface area contributed by atoms with E-state index in [4.69, 9.17) is 0 Å². The second-order valence-corrected chi connectivity index (χ2v) is 11.4. The van der Waals surface area contributed by atoms with Gasteiger partial charge in [0.1, 0.15) is 12.2 Å². The number of fused-ring (bicyclic) bond motifs is 1. The summed E-state index contributed by atoms with van der Waals surface area (Å²) in [6.07, 6.45) is -0.0447. The van der Waals surface area contributed by atoms with Crippen LogP contribution in [-0.4, -0.2) is 52.7 Å². The molecule has 2 fully saturated rings. The van der Waals surface area contributed by atoms with E-state index in [-0.39, 0.29) is 18.4 Å². The number of aromatic amines is 1. The Bertz CT molecular complexity index is 1380. The number of alkyl halides is 3. The maximum Gasteiger partial charge on any atom is 0.402 e. The molecule has 1 saturated carbocycles. The van der Waals surface area contributed by atoms with Crippen LogP contribution in [0.15, 0.2) is 48.7 Å². The first kappa shape index (κ1) is 22.7. The molecule has 6 rings (SSSR count). The average molecular weight is 504 g/mol. The van der Waals surface area contributed by atoms with Gasteiger partial charge in [-0.15, -0.1) is 0 Å². The molecule has 3 aromatic rings. The van der Waals surface area contributed by atoms with Crippen LogP contribution in [-0.2, 0) is 23.1 Å². The van der Waals surface area contributed by atoms with E-state index in [1.165, 1.54) is 0 Å². The molecule has 1 saturated heterocycles. The highest BCUT2D eigenvalue weighted by atomic mass is 32.2. The molecule has 1 spiro atoms. The third-order valence-electron chi connectivity index (χ3n) is 7.73. The molecule has 0 amide bonds. The molecule has 2 bridgehead atoms. The molecule has 0 radical (unpaired) electrons. The van der Waals surface area contributed by atoms with Crippen LogP contribution in [0.3, 0.4) is 0 Å². The maximum absolute atomic E-state index is 13.1. The van der Waals surface area contributed by atoms with Gasteiger partial charge in [-0.25, -0.2) is 0 Å². The number of hydrogen-bond acceptors (Lipinski definition) is 4. The number of rotatable bonds is 3. The maximum atomic E-state index is 13.1. The van der Waals surface area contributed by atoms with Crippen molar-refractivity contribution >= 4 is 10.2 Å². The first-order chi connectivity index (χ1) is 16.6. The number of pyridine rings is 1. The quantitative estimate of drug-likeness (QED) is 0.570. The predicted octanol–water partition coefficient (Wildman–Crippen LogP) is 3.71. The van der Waals surface area contributed by atoms with Gasteiger partial charge in [-0.1, -0.05) is 18.2 Å². The van der Waals surface area contributed by atoms with Gasteiger partial charge in [-0.05, 0) is 78.5 Å². The number of H-pyrrole nitrogens is 1. The Labute approximate surface area is 200 Å². The minimum Gasteiger partial charge on any atom is -0.277 e. The van der Waals surface area contributed by atoms with Gasteiger partial charge in [0.25, 0.3) is 10.2 Å². The second kappa shape index (κ2) is 7.87. The lowest BCUT2D eigenvalue weighted by molar-refractivity contribution is -0.136. The fourth-order valence-electron chi connectivity index (χ4n) is 6.13. The first-order valence-corrected chi connectivity index (χ1v) is 13.0. The first-order valence-electron chi connectivity index (χ1n) is 11.6. The van der Waals surface area contributed by atoms with E-state index in [1.807, 2.05) is 30.3 Å². The summed E-state index contributed by atoms with van der Waals surface area (Å²) < 4.78 is 67.9. The van der Waals surface area contributed by atoms with Crippen molar-refractivity contribution in [2.45, 2.75) is 37.4 Å². The summed E-state index contributed by atoms with van der Waals surface area (Å²) in [5, 5.41) is 7.45. The van der Waals surface area contributed by atoms with Crippen molar-refractivity contribution in [2.75, 3.05) is 13.1 Å². The van der Waals surface area contributed by atoms with E-state index >= 15 is 0 Å². The zero-order chi connectivity index (χ0) is 24.4. The standard InChI is InChI=1S/C24H24F3N5O2S/c25-24(26,27)14-32-13-23(31-35(32,33)34)18-6-7-19(23)11-17-9-16(5-4-15(17)10-18)21-12-22(30-29-21)20-3-1-2-8-28-20/h1-5,8-9,12,18-19,31H,6-7,10-11,13-14H2,(H,29,30). The third kappa shape index (κ3) is 3.95. The van der Waals surface area contributed by atoms with Crippen molar-refractivity contribution in [3.8, 4) is 22.6 Å². The van der Waals surface area contributed by atoms with Gasteiger partial charge in [0.2, 0.25) is 0 Å². The molecule has 35 heavy (non-hydrogen) atoms. The number of hydrogen-bond donors (Lipinski definition) is 2. The highest BCUT2D eigenvalue weighted by Gasteiger charge is 2.60. The summed E-state index contributed by atoms with van der Waals surface area (Å²) in [4.78, 5) is 4.33. The van der Waals surface area contributed by atoms with Crippen LogP contribution in [0.2, 0.25) is 0 Å². The SMILES string of the molecule is O=S1(=O)NC2(CN1CC(F)(F)F)C1CCC2Cc2cc(-c3cc(-c4ccccn4)n[nH]3)ccc2C1.